The Morgan fingerprint density at radius 2 is 2.17 bits per heavy atom. The molecule has 0 unspecified atom stereocenters. The van der Waals surface area contributed by atoms with E-state index in [4.69, 9.17) is 0 Å². The molecular formula is C13H22N4O. The number of nitrogens with zero attached hydrogens (tertiary/aromatic N) is 2. The van der Waals surface area contributed by atoms with Crippen molar-refractivity contribution in [2.45, 2.75) is 19.9 Å². The summed E-state index contributed by atoms with van der Waals surface area (Å²) in [5.74, 6) is 0.898. The van der Waals surface area contributed by atoms with Gasteiger partial charge in [-0.15, -0.1) is 0 Å². The molecule has 0 aliphatic carbocycles. The predicted octanol–water partition coefficient (Wildman–Crippen LogP) is 1.08. The Morgan fingerprint density at radius 3 is 2.67 bits per heavy atom. The minimum absolute atomic E-state index is 0.0447. The molecule has 0 saturated heterocycles. The lowest BCUT2D eigenvalue weighted by atomic mass is 10.2. The summed E-state index contributed by atoms with van der Waals surface area (Å²) >= 11 is 0. The summed E-state index contributed by atoms with van der Waals surface area (Å²) in [6.07, 6.45) is 2.87. The first-order valence-corrected chi connectivity index (χ1v) is 6.25. The van der Waals surface area contributed by atoms with Crippen molar-refractivity contribution in [1.29, 1.82) is 0 Å². The van der Waals surface area contributed by atoms with Crippen molar-refractivity contribution in [1.82, 2.24) is 15.2 Å². The van der Waals surface area contributed by atoms with Crippen molar-refractivity contribution in [3.8, 4) is 0 Å². The van der Waals surface area contributed by atoms with Crippen LogP contribution in [0.4, 0.5) is 5.82 Å². The highest BCUT2D eigenvalue weighted by Gasteiger charge is 2.09. The van der Waals surface area contributed by atoms with Gasteiger partial charge in [-0.2, -0.15) is 0 Å². The van der Waals surface area contributed by atoms with Crippen LogP contribution in [0.1, 0.15) is 18.9 Å². The van der Waals surface area contributed by atoms with Crippen LogP contribution in [0.25, 0.3) is 0 Å². The van der Waals surface area contributed by atoms with Gasteiger partial charge < -0.3 is 10.6 Å². The van der Waals surface area contributed by atoms with Gasteiger partial charge in [-0.05, 0) is 24.6 Å². The van der Waals surface area contributed by atoms with E-state index in [1.54, 1.807) is 7.05 Å². The minimum atomic E-state index is 0.0447. The van der Waals surface area contributed by atoms with Crippen LogP contribution < -0.4 is 10.6 Å². The maximum atomic E-state index is 11.4. The summed E-state index contributed by atoms with van der Waals surface area (Å²) in [6, 6.07) is 3.98. The molecule has 1 aromatic heterocycles. The van der Waals surface area contributed by atoms with Gasteiger partial charge >= 0.3 is 0 Å². The second-order valence-electron chi connectivity index (χ2n) is 4.19. The normalized spacial score (nSPS) is 10.4. The van der Waals surface area contributed by atoms with E-state index < -0.39 is 0 Å². The summed E-state index contributed by atoms with van der Waals surface area (Å²) in [5, 5.41) is 5.64. The number of carbonyl (C=O) groups is 1. The SMILES string of the molecule is CCCN(CC(=O)NC)Cc1ccc(NC)nc1. The van der Waals surface area contributed by atoms with Crippen molar-refractivity contribution in [3.05, 3.63) is 23.9 Å². The largest absolute Gasteiger partial charge is 0.373 e. The highest BCUT2D eigenvalue weighted by molar-refractivity contribution is 5.77. The quantitative estimate of drug-likeness (QED) is 0.760. The summed E-state index contributed by atoms with van der Waals surface area (Å²) < 4.78 is 0. The molecule has 1 aromatic rings. The molecule has 5 nitrogen and oxygen atoms in total. The van der Waals surface area contributed by atoms with E-state index in [0.29, 0.717) is 6.54 Å². The average Bonchev–Trinajstić information content (AvgIpc) is 2.39. The van der Waals surface area contributed by atoms with Gasteiger partial charge in [-0.25, -0.2) is 4.98 Å². The van der Waals surface area contributed by atoms with Crippen LogP contribution in [0.3, 0.4) is 0 Å². The Morgan fingerprint density at radius 1 is 1.39 bits per heavy atom. The lowest BCUT2D eigenvalue weighted by molar-refractivity contribution is -0.121. The predicted molar refractivity (Wildman–Crippen MR) is 73.4 cm³/mol. The smallest absolute Gasteiger partial charge is 0.233 e. The maximum Gasteiger partial charge on any atom is 0.233 e. The second kappa shape index (κ2) is 7.66. The van der Waals surface area contributed by atoms with Crippen molar-refractivity contribution < 1.29 is 4.79 Å². The molecule has 18 heavy (non-hydrogen) atoms. The summed E-state index contributed by atoms with van der Waals surface area (Å²) in [7, 11) is 3.51. The number of aromatic nitrogens is 1. The highest BCUT2D eigenvalue weighted by atomic mass is 16.1. The highest BCUT2D eigenvalue weighted by Crippen LogP contribution is 2.07. The van der Waals surface area contributed by atoms with Crippen LogP contribution in [0.15, 0.2) is 18.3 Å². The Bertz CT molecular complexity index is 364. The van der Waals surface area contributed by atoms with Crippen LogP contribution >= 0.6 is 0 Å². The molecule has 0 spiro atoms. The number of anilines is 1. The monoisotopic (exact) mass is 250 g/mol. The lowest BCUT2D eigenvalue weighted by Crippen LogP contribution is -2.35. The molecule has 0 bridgehead atoms. The maximum absolute atomic E-state index is 11.4. The molecule has 0 saturated carbocycles. The standard InChI is InChI=1S/C13H22N4O/c1-4-7-17(10-13(18)15-3)9-11-5-6-12(14-2)16-8-11/h5-6,8H,4,7,9-10H2,1-3H3,(H,14,16)(H,15,18). The molecule has 1 heterocycles. The van der Waals surface area contributed by atoms with Gasteiger partial charge in [0.2, 0.25) is 5.91 Å². The number of carbonyl (C=O) groups excluding carboxylic acids is 1. The fourth-order valence-electron chi connectivity index (χ4n) is 1.74. The Hall–Kier alpha value is -1.62. The molecule has 5 heteroatoms. The summed E-state index contributed by atoms with van der Waals surface area (Å²) in [4.78, 5) is 17.8. The fourth-order valence-corrected chi connectivity index (χ4v) is 1.74. The molecule has 100 valence electrons. The number of pyridine rings is 1. The molecule has 0 fully saturated rings. The van der Waals surface area contributed by atoms with Crippen LogP contribution in [0.2, 0.25) is 0 Å². The fraction of sp³-hybridized carbons (Fsp3) is 0.538. The van der Waals surface area contributed by atoms with E-state index in [2.05, 4.69) is 27.4 Å². The molecule has 0 radical (unpaired) electrons. The third-order valence-corrected chi connectivity index (χ3v) is 2.67. The van der Waals surface area contributed by atoms with Crippen LogP contribution in [-0.4, -0.2) is 43.0 Å². The third kappa shape index (κ3) is 4.71. The summed E-state index contributed by atoms with van der Waals surface area (Å²) in [5.41, 5.74) is 1.12. The van der Waals surface area contributed by atoms with Gasteiger partial charge in [-0.3, -0.25) is 9.69 Å². The molecule has 2 N–H and O–H groups in total. The van der Waals surface area contributed by atoms with Crippen molar-refractivity contribution in [2.24, 2.45) is 0 Å². The number of hydrogen-bond acceptors (Lipinski definition) is 4. The van der Waals surface area contributed by atoms with Crippen LogP contribution in [0.5, 0.6) is 0 Å². The zero-order valence-electron chi connectivity index (χ0n) is 11.4. The van der Waals surface area contributed by atoms with Gasteiger partial charge in [-0.1, -0.05) is 13.0 Å². The molecule has 0 atom stereocenters. The zero-order valence-corrected chi connectivity index (χ0v) is 11.4. The van der Waals surface area contributed by atoms with Crippen molar-refractivity contribution in [3.63, 3.8) is 0 Å². The average molecular weight is 250 g/mol. The van der Waals surface area contributed by atoms with Crippen LogP contribution in [0, 0.1) is 0 Å². The number of amides is 1. The van der Waals surface area contributed by atoms with E-state index in [-0.39, 0.29) is 5.91 Å². The zero-order chi connectivity index (χ0) is 13.4. The third-order valence-electron chi connectivity index (χ3n) is 2.67. The van der Waals surface area contributed by atoms with Crippen molar-refractivity contribution in [2.75, 3.05) is 32.5 Å². The Labute approximate surface area is 109 Å². The molecular weight excluding hydrogens is 228 g/mol. The lowest BCUT2D eigenvalue weighted by Gasteiger charge is -2.20. The second-order valence-corrected chi connectivity index (χ2v) is 4.19. The number of likely N-dealkylation sites (N-methyl/N-ethyl adjacent to an activating group) is 1. The molecule has 1 rings (SSSR count). The van der Waals surface area contributed by atoms with E-state index in [9.17, 15) is 4.79 Å². The van der Waals surface area contributed by atoms with E-state index in [0.717, 1.165) is 30.9 Å². The van der Waals surface area contributed by atoms with Gasteiger partial charge in [0.05, 0.1) is 6.54 Å². The number of rotatable bonds is 7. The van der Waals surface area contributed by atoms with E-state index in [1.807, 2.05) is 25.4 Å². The first-order chi connectivity index (χ1) is 8.69. The molecule has 0 aliphatic heterocycles. The Balaban J connectivity index is 2.60. The number of nitrogens with one attached hydrogen (secondary N) is 2. The number of hydrogen-bond donors (Lipinski definition) is 2. The first kappa shape index (κ1) is 14.4. The van der Waals surface area contributed by atoms with Gasteiger partial charge in [0.15, 0.2) is 0 Å². The Kier molecular flexibility index (Phi) is 6.14. The topological polar surface area (TPSA) is 57.3 Å². The van der Waals surface area contributed by atoms with Gasteiger partial charge in [0.25, 0.3) is 0 Å². The molecule has 0 aromatic carbocycles. The molecule has 0 aliphatic rings. The molecule has 1 amide bonds. The van der Waals surface area contributed by atoms with E-state index >= 15 is 0 Å². The summed E-state index contributed by atoms with van der Waals surface area (Å²) in [6.45, 7) is 4.19. The van der Waals surface area contributed by atoms with Crippen molar-refractivity contribution >= 4 is 11.7 Å². The van der Waals surface area contributed by atoms with Gasteiger partial charge in [0.1, 0.15) is 5.82 Å². The van der Waals surface area contributed by atoms with Crippen LogP contribution in [-0.2, 0) is 11.3 Å². The van der Waals surface area contributed by atoms with Gasteiger partial charge in [0, 0.05) is 26.8 Å². The first-order valence-electron chi connectivity index (χ1n) is 6.25. The minimum Gasteiger partial charge on any atom is -0.373 e. The van der Waals surface area contributed by atoms with E-state index in [1.165, 1.54) is 0 Å².